The second kappa shape index (κ2) is 9.18. The fourth-order valence-electron chi connectivity index (χ4n) is 3.88. The highest BCUT2D eigenvalue weighted by Gasteiger charge is 2.20. The summed E-state index contributed by atoms with van der Waals surface area (Å²) in [6, 6.07) is 11.1. The summed E-state index contributed by atoms with van der Waals surface area (Å²) in [7, 11) is 0. The molecule has 0 unspecified atom stereocenters. The zero-order chi connectivity index (χ0) is 20.1. The van der Waals surface area contributed by atoms with Gasteiger partial charge in [-0.1, -0.05) is 55.0 Å². The first-order valence-corrected chi connectivity index (χ1v) is 10.2. The van der Waals surface area contributed by atoms with Gasteiger partial charge >= 0.3 is 5.97 Å². The standard InChI is InChI=1S/C25H29FO2/c1-4-21-23(25(27)28-16-15-19-9-5-17(2)6-10-19)14-13-22(24(21)26)20-11-7-18(3)8-12-20/h7-8,11-14,19H,2,4-6,9-10,15-16H2,1,3H3. The van der Waals surface area contributed by atoms with E-state index in [4.69, 9.17) is 4.74 Å². The second-order valence-corrected chi connectivity index (χ2v) is 7.79. The third kappa shape index (κ3) is 4.70. The normalized spacial score (nSPS) is 14.9. The highest BCUT2D eigenvalue weighted by molar-refractivity contribution is 5.92. The van der Waals surface area contributed by atoms with Crippen LogP contribution in [0, 0.1) is 18.7 Å². The van der Waals surface area contributed by atoms with E-state index in [9.17, 15) is 4.79 Å². The van der Waals surface area contributed by atoms with E-state index in [1.165, 1.54) is 5.57 Å². The molecular weight excluding hydrogens is 351 g/mol. The number of halogens is 1. The summed E-state index contributed by atoms with van der Waals surface area (Å²) in [5, 5.41) is 0. The van der Waals surface area contributed by atoms with E-state index < -0.39 is 5.97 Å². The summed E-state index contributed by atoms with van der Waals surface area (Å²) in [5.41, 5.74) is 4.56. The van der Waals surface area contributed by atoms with Crippen LogP contribution in [0.1, 0.15) is 60.5 Å². The average Bonchev–Trinajstić information content (AvgIpc) is 2.70. The quantitative estimate of drug-likeness (QED) is 0.414. The Hall–Kier alpha value is -2.42. The van der Waals surface area contributed by atoms with Crippen LogP contribution >= 0.6 is 0 Å². The van der Waals surface area contributed by atoms with Crippen LogP contribution < -0.4 is 0 Å². The van der Waals surface area contributed by atoms with Crippen molar-refractivity contribution in [3.8, 4) is 11.1 Å². The Bertz CT molecular complexity index is 842. The van der Waals surface area contributed by atoms with E-state index in [2.05, 4.69) is 6.58 Å². The molecule has 0 bridgehead atoms. The van der Waals surface area contributed by atoms with Crippen LogP contribution in [-0.2, 0) is 11.2 Å². The minimum Gasteiger partial charge on any atom is -0.462 e. The van der Waals surface area contributed by atoms with Gasteiger partial charge in [-0.05, 0) is 63.0 Å². The molecule has 148 valence electrons. The van der Waals surface area contributed by atoms with Crippen molar-refractivity contribution in [1.29, 1.82) is 0 Å². The minimum absolute atomic E-state index is 0.327. The maximum Gasteiger partial charge on any atom is 0.338 e. The van der Waals surface area contributed by atoms with Crippen molar-refractivity contribution >= 4 is 5.97 Å². The molecule has 0 spiro atoms. The predicted octanol–water partition coefficient (Wildman–Crippen LogP) is 6.66. The molecule has 1 aliphatic carbocycles. The van der Waals surface area contributed by atoms with Crippen molar-refractivity contribution in [2.45, 2.75) is 52.4 Å². The van der Waals surface area contributed by atoms with Gasteiger partial charge < -0.3 is 4.74 Å². The topological polar surface area (TPSA) is 26.3 Å². The smallest absolute Gasteiger partial charge is 0.338 e. The lowest BCUT2D eigenvalue weighted by Gasteiger charge is -2.23. The first-order chi connectivity index (χ1) is 13.5. The van der Waals surface area contributed by atoms with Gasteiger partial charge in [0, 0.05) is 11.1 Å². The van der Waals surface area contributed by atoms with Crippen LogP contribution in [0.3, 0.4) is 0 Å². The van der Waals surface area contributed by atoms with E-state index >= 15 is 4.39 Å². The van der Waals surface area contributed by atoms with Crippen molar-refractivity contribution in [1.82, 2.24) is 0 Å². The second-order valence-electron chi connectivity index (χ2n) is 7.79. The number of aryl methyl sites for hydroxylation is 1. The fraction of sp³-hybridized carbons (Fsp3) is 0.400. The molecule has 2 aromatic rings. The van der Waals surface area contributed by atoms with E-state index in [1.54, 1.807) is 12.1 Å². The number of rotatable bonds is 6. The van der Waals surface area contributed by atoms with Gasteiger partial charge in [0.2, 0.25) is 0 Å². The van der Waals surface area contributed by atoms with Crippen molar-refractivity contribution in [3.63, 3.8) is 0 Å². The maximum absolute atomic E-state index is 15.1. The summed E-state index contributed by atoms with van der Waals surface area (Å²) in [6.45, 7) is 8.29. The molecule has 0 N–H and O–H groups in total. The molecule has 3 rings (SSSR count). The molecule has 0 aromatic heterocycles. The molecule has 2 aromatic carbocycles. The highest BCUT2D eigenvalue weighted by Crippen LogP contribution is 2.30. The lowest BCUT2D eigenvalue weighted by molar-refractivity contribution is 0.0475. The lowest BCUT2D eigenvalue weighted by Crippen LogP contribution is -2.15. The predicted molar refractivity (Wildman–Crippen MR) is 112 cm³/mol. The fourth-order valence-corrected chi connectivity index (χ4v) is 3.88. The monoisotopic (exact) mass is 380 g/mol. The van der Waals surface area contributed by atoms with Crippen molar-refractivity contribution in [2.75, 3.05) is 6.61 Å². The van der Waals surface area contributed by atoms with Gasteiger partial charge in [0.25, 0.3) is 0 Å². The number of ether oxygens (including phenoxy) is 1. The van der Waals surface area contributed by atoms with Crippen LogP contribution in [0.25, 0.3) is 11.1 Å². The molecule has 0 radical (unpaired) electrons. The Morgan fingerprint density at radius 1 is 1.14 bits per heavy atom. The summed E-state index contributed by atoms with van der Waals surface area (Å²) in [5.74, 6) is -0.164. The number of hydrogen-bond donors (Lipinski definition) is 0. The lowest BCUT2D eigenvalue weighted by atomic mass is 9.85. The SMILES string of the molecule is C=C1CCC(CCOC(=O)c2ccc(-c3ccc(C)cc3)c(F)c2CC)CC1. The molecule has 0 amide bonds. The largest absolute Gasteiger partial charge is 0.462 e. The number of benzene rings is 2. The summed E-state index contributed by atoms with van der Waals surface area (Å²) >= 11 is 0. The van der Waals surface area contributed by atoms with Crippen molar-refractivity contribution in [2.24, 2.45) is 5.92 Å². The van der Waals surface area contributed by atoms with Crippen molar-refractivity contribution < 1.29 is 13.9 Å². The van der Waals surface area contributed by atoms with Gasteiger partial charge in [0.15, 0.2) is 0 Å². The van der Waals surface area contributed by atoms with Crippen LogP contribution in [-0.4, -0.2) is 12.6 Å². The third-order valence-corrected chi connectivity index (χ3v) is 5.75. The number of hydrogen-bond acceptors (Lipinski definition) is 2. The number of allylic oxidation sites excluding steroid dienone is 1. The molecule has 0 heterocycles. The molecule has 0 saturated heterocycles. The van der Waals surface area contributed by atoms with E-state index in [0.29, 0.717) is 35.6 Å². The molecular formula is C25H29FO2. The zero-order valence-corrected chi connectivity index (χ0v) is 16.9. The number of carbonyl (C=O) groups excluding carboxylic acids is 1. The first-order valence-electron chi connectivity index (χ1n) is 10.2. The van der Waals surface area contributed by atoms with E-state index in [-0.39, 0.29) is 5.82 Å². The van der Waals surface area contributed by atoms with Crippen LogP contribution in [0.2, 0.25) is 0 Å². The molecule has 2 nitrogen and oxygen atoms in total. The van der Waals surface area contributed by atoms with Gasteiger partial charge in [-0.15, -0.1) is 0 Å². The Balaban J connectivity index is 1.69. The van der Waals surface area contributed by atoms with E-state index in [0.717, 1.165) is 43.2 Å². The Morgan fingerprint density at radius 3 is 2.46 bits per heavy atom. The zero-order valence-electron chi connectivity index (χ0n) is 16.9. The van der Waals surface area contributed by atoms with Crippen LogP contribution in [0.5, 0.6) is 0 Å². The summed E-state index contributed by atoms with van der Waals surface area (Å²) in [6.07, 6.45) is 5.70. The minimum atomic E-state index is -0.425. The maximum atomic E-state index is 15.1. The molecule has 1 fully saturated rings. The van der Waals surface area contributed by atoms with Gasteiger partial charge in [0.1, 0.15) is 5.82 Å². The average molecular weight is 381 g/mol. The van der Waals surface area contributed by atoms with E-state index in [1.807, 2.05) is 38.1 Å². The third-order valence-electron chi connectivity index (χ3n) is 5.75. The number of esters is 1. The molecule has 1 saturated carbocycles. The highest BCUT2D eigenvalue weighted by atomic mass is 19.1. The van der Waals surface area contributed by atoms with Gasteiger partial charge in [-0.3, -0.25) is 0 Å². The Labute approximate surface area is 167 Å². The van der Waals surface area contributed by atoms with Crippen molar-refractivity contribution in [3.05, 3.63) is 71.1 Å². The first kappa shape index (κ1) is 20.3. The molecule has 0 atom stereocenters. The summed E-state index contributed by atoms with van der Waals surface area (Å²) < 4.78 is 20.6. The Kier molecular flexibility index (Phi) is 6.66. The Morgan fingerprint density at radius 2 is 1.82 bits per heavy atom. The number of carbonyl (C=O) groups is 1. The van der Waals surface area contributed by atoms with Gasteiger partial charge in [-0.25, -0.2) is 9.18 Å². The summed E-state index contributed by atoms with van der Waals surface area (Å²) in [4.78, 5) is 12.6. The molecule has 3 heteroatoms. The van der Waals surface area contributed by atoms with Crippen LogP contribution in [0.4, 0.5) is 4.39 Å². The van der Waals surface area contributed by atoms with Gasteiger partial charge in [-0.2, -0.15) is 0 Å². The van der Waals surface area contributed by atoms with Gasteiger partial charge in [0.05, 0.1) is 12.2 Å². The molecule has 28 heavy (non-hydrogen) atoms. The molecule has 0 aliphatic heterocycles. The van der Waals surface area contributed by atoms with Crippen LogP contribution in [0.15, 0.2) is 48.6 Å². The molecule has 1 aliphatic rings.